The summed E-state index contributed by atoms with van der Waals surface area (Å²) in [5.41, 5.74) is 4.95. The normalized spacial score (nSPS) is 10.8. The largest absolute Gasteiger partial charge is 0.490 e. The molecule has 0 aliphatic carbocycles. The quantitative estimate of drug-likeness (QED) is 0.400. The van der Waals surface area contributed by atoms with E-state index in [-0.39, 0.29) is 12.5 Å². The van der Waals surface area contributed by atoms with Crippen molar-refractivity contribution < 1.29 is 19.0 Å². The highest BCUT2D eigenvalue weighted by Gasteiger charge is 2.12. The standard InChI is InChI=1S/C21H24BrClN2O4/c1-5-27-16-8-7-15(10-17(16)28-6-2)11-24-25-19(26)12-29-18-9-13(3)21(23)14(4)20(18)22/h7-11H,5-6,12H2,1-4H3,(H,25,26)/b24-11+. The van der Waals surface area contributed by atoms with Gasteiger partial charge in [-0.3, -0.25) is 4.79 Å². The minimum Gasteiger partial charge on any atom is -0.490 e. The average molecular weight is 484 g/mol. The lowest BCUT2D eigenvalue weighted by atomic mass is 10.1. The summed E-state index contributed by atoms with van der Waals surface area (Å²) in [6, 6.07) is 7.22. The van der Waals surface area contributed by atoms with Crippen molar-refractivity contribution in [3.8, 4) is 17.2 Å². The molecule has 2 aromatic carbocycles. The van der Waals surface area contributed by atoms with Crippen LogP contribution in [0.5, 0.6) is 17.2 Å². The number of nitrogens with zero attached hydrogens (tertiary/aromatic N) is 1. The fourth-order valence-corrected chi connectivity index (χ4v) is 3.20. The summed E-state index contributed by atoms with van der Waals surface area (Å²) < 4.78 is 17.4. The van der Waals surface area contributed by atoms with Crippen LogP contribution in [0.1, 0.15) is 30.5 Å². The predicted octanol–water partition coefficient (Wildman–Crippen LogP) is 5.05. The first-order chi connectivity index (χ1) is 13.9. The van der Waals surface area contributed by atoms with E-state index in [0.717, 1.165) is 21.2 Å². The Morgan fingerprint density at radius 2 is 1.79 bits per heavy atom. The highest BCUT2D eigenvalue weighted by atomic mass is 79.9. The van der Waals surface area contributed by atoms with Gasteiger partial charge < -0.3 is 14.2 Å². The fraction of sp³-hybridized carbons (Fsp3) is 0.333. The molecule has 156 valence electrons. The summed E-state index contributed by atoms with van der Waals surface area (Å²) in [5.74, 6) is 1.47. The third kappa shape index (κ3) is 6.37. The number of rotatable bonds is 9. The number of hydrogen-bond donors (Lipinski definition) is 1. The van der Waals surface area contributed by atoms with Gasteiger partial charge in [-0.1, -0.05) is 11.6 Å². The Kier molecular flexibility index (Phi) is 8.79. The van der Waals surface area contributed by atoms with Crippen molar-refractivity contribution >= 4 is 39.7 Å². The molecule has 8 heteroatoms. The van der Waals surface area contributed by atoms with Crippen molar-refractivity contribution in [2.75, 3.05) is 19.8 Å². The average Bonchev–Trinajstić information content (AvgIpc) is 2.70. The molecule has 1 N–H and O–H groups in total. The maximum atomic E-state index is 12.0. The second-order valence-electron chi connectivity index (χ2n) is 6.10. The zero-order valence-electron chi connectivity index (χ0n) is 16.8. The SMILES string of the molecule is CCOc1ccc(/C=N/NC(=O)COc2cc(C)c(Cl)c(C)c2Br)cc1OCC. The molecule has 0 saturated carbocycles. The number of halogens is 2. The molecule has 0 aliphatic heterocycles. The molecule has 6 nitrogen and oxygen atoms in total. The second-order valence-corrected chi connectivity index (χ2v) is 7.27. The Morgan fingerprint density at radius 1 is 1.10 bits per heavy atom. The molecule has 2 rings (SSSR count). The Balaban J connectivity index is 1.95. The molecule has 1 amide bonds. The van der Waals surface area contributed by atoms with Crippen molar-refractivity contribution in [2.24, 2.45) is 5.10 Å². The summed E-state index contributed by atoms with van der Waals surface area (Å²) in [5, 5.41) is 4.64. The van der Waals surface area contributed by atoms with Crippen LogP contribution in [0.25, 0.3) is 0 Å². The minimum atomic E-state index is -0.380. The van der Waals surface area contributed by atoms with Crippen LogP contribution >= 0.6 is 27.5 Å². The van der Waals surface area contributed by atoms with Crippen molar-refractivity contribution in [1.82, 2.24) is 5.43 Å². The molecule has 0 aromatic heterocycles. The van der Waals surface area contributed by atoms with Gasteiger partial charge in [-0.15, -0.1) is 0 Å². The zero-order chi connectivity index (χ0) is 21.4. The number of carbonyl (C=O) groups is 1. The molecule has 2 aromatic rings. The zero-order valence-corrected chi connectivity index (χ0v) is 19.2. The summed E-state index contributed by atoms with van der Waals surface area (Å²) in [6.07, 6.45) is 1.53. The van der Waals surface area contributed by atoms with E-state index in [1.807, 2.05) is 39.8 Å². The van der Waals surface area contributed by atoms with Gasteiger partial charge in [-0.2, -0.15) is 5.10 Å². The fourth-order valence-electron chi connectivity index (χ4n) is 2.51. The Bertz CT molecular complexity index is 903. The van der Waals surface area contributed by atoms with Gasteiger partial charge >= 0.3 is 0 Å². The molecule has 0 unspecified atom stereocenters. The molecule has 0 radical (unpaired) electrons. The highest BCUT2D eigenvalue weighted by Crippen LogP contribution is 2.35. The van der Waals surface area contributed by atoms with E-state index < -0.39 is 0 Å². The van der Waals surface area contributed by atoms with Gasteiger partial charge in [0.15, 0.2) is 18.1 Å². The summed E-state index contributed by atoms with van der Waals surface area (Å²) in [6.45, 7) is 8.47. The molecule has 0 bridgehead atoms. The van der Waals surface area contributed by atoms with Crippen molar-refractivity contribution in [3.63, 3.8) is 0 Å². The van der Waals surface area contributed by atoms with Crippen LogP contribution in [-0.2, 0) is 4.79 Å². The molecule has 0 heterocycles. The third-order valence-electron chi connectivity index (χ3n) is 3.90. The Hall–Kier alpha value is -2.25. The third-order valence-corrected chi connectivity index (χ3v) is 5.46. The first kappa shape index (κ1) is 23.0. The number of nitrogens with one attached hydrogen (secondary N) is 1. The summed E-state index contributed by atoms with van der Waals surface area (Å²) in [7, 11) is 0. The summed E-state index contributed by atoms with van der Waals surface area (Å²) in [4.78, 5) is 12.0. The minimum absolute atomic E-state index is 0.177. The van der Waals surface area contributed by atoms with Gasteiger partial charge in [0.25, 0.3) is 5.91 Å². The number of carbonyl (C=O) groups excluding carboxylic acids is 1. The number of hydrazone groups is 1. The first-order valence-corrected chi connectivity index (χ1v) is 10.3. The molecule has 29 heavy (non-hydrogen) atoms. The van der Waals surface area contributed by atoms with Gasteiger partial charge in [-0.05, 0) is 84.6 Å². The number of ether oxygens (including phenoxy) is 3. The van der Waals surface area contributed by atoms with E-state index in [9.17, 15) is 4.79 Å². The van der Waals surface area contributed by atoms with Crippen LogP contribution in [0, 0.1) is 13.8 Å². The molecule has 0 fully saturated rings. The second kappa shape index (κ2) is 11.1. The van der Waals surface area contributed by atoms with Gasteiger partial charge in [-0.25, -0.2) is 5.43 Å². The lowest BCUT2D eigenvalue weighted by Crippen LogP contribution is -2.24. The van der Waals surface area contributed by atoms with Crippen molar-refractivity contribution in [1.29, 1.82) is 0 Å². The molecular formula is C21H24BrClN2O4. The molecular weight excluding hydrogens is 460 g/mol. The topological polar surface area (TPSA) is 69.2 Å². The number of amides is 1. The maximum absolute atomic E-state index is 12.0. The van der Waals surface area contributed by atoms with Crippen LogP contribution in [-0.4, -0.2) is 31.9 Å². The molecule has 0 saturated heterocycles. The predicted molar refractivity (Wildman–Crippen MR) is 119 cm³/mol. The van der Waals surface area contributed by atoms with E-state index in [4.69, 9.17) is 25.8 Å². The lowest BCUT2D eigenvalue weighted by molar-refractivity contribution is -0.123. The number of hydrogen-bond acceptors (Lipinski definition) is 5. The molecule has 0 aliphatic rings. The lowest BCUT2D eigenvalue weighted by Gasteiger charge is -2.12. The van der Waals surface area contributed by atoms with Gasteiger partial charge in [0.2, 0.25) is 0 Å². The van der Waals surface area contributed by atoms with E-state index >= 15 is 0 Å². The van der Waals surface area contributed by atoms with E-state index in [0.29, 0.717) is 35.5 Å². The number of aryl methyl sites for hydroxylation is 1. The maximum Gasteiger partial charge on any atom is 0.277 e. The van der Waals surface area contributed by atoms with Gasteiger partial charge in [0.05, 0.1) is 23.9 Å². The van der Waals surface area contributed by atoms with E-state index in [1.54, 1.807) is 12.1 Å². The van der Waals surface area contributed by atoms with Gasteiger partial charge in [0, 0.05) is 5.02 Å². The van der Waals surface area contributed by atoms with Crippen molar-refractivity contribution in [2.45, 2.75) is 27.7 Å². The Morgan fingerprint density at radius 3 is 2.48 bits per heavy atom. The molecule has 0 spiro atoms. The van der Waals surface area contributed by atoms with Crippen molar-refractivity contribution in [3.05, 3.63) is 50.5 Å². The Labute approximate surface area is 184 Å². The van der Waals surface area contributed by atoms with Crippen LogP contribution in [0.3, 0.4) is 0 Å². The van der Waals surface area contributed by atoms with Crippen LogP contribution in [0.4, 0.5) is 0 Å². The van der Waals surface area contributed by atoms with E-state index in [1.165, 1.54) is 6.21 Å². The smallest absolute Gasteiger partial charge is 0.277 e. The van der Waals surface area contributed by atoms with Crippen LogP contribution in [0.15, 0.2) is 33.8 Å². The monoisotopic (exact) mass is 482 g/mol. The highest BCUT2D eigenvalue weighted by molar-refractivity contribution is 9.10. The summed E-state index contributed by atoms with van der Waals surface area (Å²) >= 11 is 9.64. The number of benzene rings is 2. The van der Waals surface area contributed by atoms with Crippen LogP contribution in [0.2, 0.25) is 5.02 Å². The molecule has 0 atom stereocenters. The van der Waals surface area contributed by atoms with Crippen LogP contribution < -0.4 is 19.6 Å². The van der Waals surface area contributed by atoms with Gasteiger partial charge in [0.1, 0.15) is 5.75 Å². The first-order valence-electron chi connectivity index (χ1n) is 9.16. The van der Waals surface area contributed by atoms with E-state index in [2.05, 4.69) is 26.5 Å².